The molecule has 0 radical (unpaired) electrons. The average Bonchev–Trinajstić information content (AvgIpc) is 2.16. The Morgan fingerprint density at radius 2 is 1.82 bits per heavy atom. The summed E-state index contributed by atoms with van der Waals surface area (Å²) in [5, 5.41) is 0. The fourth-order valence-electron chi connectivity index (χ4n) is 3.67. The second-order valence-corrected chi connectivity index (χ2v) is 6.94. The number of nitrogens with zero attached hydrogens (tertiary/aromatic N) is 1. The van der Waals surface area contributed by atoms with Crippen LogP contribution < -0.4 is 0 Å². The van der Waals surface area contributed by atoms with E-state index in [0.29, 0.717) is 17.6 Å². The molecule has 2 rings (SSSR count). The third-order valence-electron chi connectivity index (χ3n) is 4.60. The van der Waals surface area contributed by atoms with Crippen LogP contribution in [0.25, 0.3) is 0 Å². The molecule has 1 aliphatic carbocycles. The minimum absolute atomic E-state index is 0.380. The van der Waals surface area contributed by atoms with Crippen LogP contribution in [-0.4, -0.2) is 36.2 Å². The summed E-state index contributed by atoms with van der Waals surface area (Å²) >= 11 is 0. The molecule has 2 nitrogen and oxygen atoms in total. The molecule has 1 saturated heterocycles. The largest absolute Gasteiger partial charge is 0.375 e. The Balaban J connectivity index is 1.84. The van der Waals surface area contributed by atoms with E-state index in [1.54, 1.807) is 0 Å². The van der Waals surface area contributed by atoms with Crippen LogP contribution in [0, 0.1) is 11.3 Å². The van der Waals surface area contributed by atoms with E-state index >= 15 is 0 Å². The van der Waals surface area contributed by atoms with E-state index in [1.807, 2.05) is 0 Å². The Bertz CT molecular complexity index is 256. The monoisotopic (exact) mass is 239 g/mol. The van der Waals surface area contributed by atoms with Crippen molar-refractivity contribution in [2.45, 2.75) is 72.1 Å². The zero-order valence-electron chi connectivity index (χ0n) is 12.2. The van der Waals surface area contributed by atoms with Crippen LogP contribution in [0.2, 0.25) is 0 Å². The first-order valence-electron chi connectivity index (χ1n) is 7.31. The van der Waals surface area contributed by atoms with Gasteiger partial charge >= 0.3 is 0 Å². The van der Waals surface area contributed by atoms with Crippen molar-refractivity contribution in [3.63, 3.8) is 0 Å². The van der Waals surface area contributed by atoms with Crippen LogP contribution in [0.3, 0.4) is 0 Å². The van der Waals surface area contributed by atoms with Gasteiger partial charge in [0.25, 0.3) is 0 Å². The first kappa shape index (κ1) is 13.4. The summed E-state index contributed by atoms with van der Waals surface area (Å²) in [6, 6.07) is 0.723. The van der Waals surface area contributed by atoms with Crippen LogP contribution in [0.5, 0.6) is 0 Å². The van der Waals surface area contributed by atoms with Crippen molar-refractivity contribution in [3.8, 4) is 0 Å². The van der Waals surface area contributed by atoms with Gasteiger partial charge in [0.05, 0.1) is 12.2 Å². The van der Waals surface area contributed by atoms with Gasteiger partial charge in [-0.05, 0) is 58.3 Å². The van der Waals surface area contributed by atoms with Crippen molar-refractivity contribution in [1.82, 2.24) is 4.90 Å². The highest BCUT2D eigenvalue weighted by Crippen LogP contribution is 2.47. The van der Waals surface area contributed by atoms with Crippen molar-refractivity contribution in [3.05, 3.63) is 0 Å². The Morgan fingerprint density at radius 3 is 2.29 bits per heavy atom. The molecule has 2 heteroatoms. The summed E-state index contributed by atoms with van der Waals surface area (Å²) in [6.07, 6.45) is 4.90. The lowest BCUT2D eigenvalue weighted by atomic mass is 9.64. The molecule has 2 fully saturated rings. The Labute approximate surface area is 107 Å². The van der Waals surface area contributed by atoms with E-state index in [4.69, 9.17) is 4.74 Å². The fourth-order valence-corrected chi connectivity index (χ4v) is 3.67. The highest BCUT2D eigenvalue weighted by atomic mass is 16.5. The molecule has 100 valence electrons. The number of ether oxygens (including phenoxy) is 1. The van der Waals surface area contributed by atoms with E-state index < -0.39 is 0 Å². The zero-order valence-corrected chi connectivity index (χ0v) is 12.2. The molecule has 0 N–H and O–H groups in total. The van der Waals surface area contributed by atoms with Crippen molar-refractivity contribution < 1.29 is 4.74 Å². The summed E-state index contributed by atoms with van der Waals surface area (Å²) in [4.78, 5) is 2.61. The van der Waals surface area contributed by atoms with Crippen LogP contribution in [0.1, 0.15) is 53.9 Å². The predicted octanol–water partition coefficient (Wildman–Crippen LogP) is 3.31. The van der Waals surface area contributed by atoms with Crippen LogP contribution in [0.4, 0.5) is 0 Å². The van der Waals surface area contributed by atoms with E-state index in [2.05, 4.69) is 39.5 Å². The molecular weight excluding hydrogens is 210 g/mol. The number of hydrogen-bond donors (Lipinski definition) is 0. The number of hydrogen-bond acceptors (Lipinski definition) is 2. The Morgan fingerprint density at radius 1 is 1.18 bits per heavy atom. The lowest BCUT2D eigenvalue weighted by Crippen LogP contribution is -2.61. The molecule has 1 spiro atoms. The van der Waals surface area contributed by atoms with Gasteiger partial charge in [0.15, 0.2) is 0 Å². The maximum absolute atomic E-state index is 6.03. The molecule has 2 atom stereocenters. The Hall–Kier alpha value is -0.0800. The first-order valence-corrected chi connectivity index (χ1v) is 7.31. The molecule has 2 aliphatic rings. The van der Waals surface area contributed by atoms with Gasteiger partial charge in [-0.15, -0.1) is 0 Å². The summed E-state index contributed by atoms with van der Waals surface area (Å²) in [7, 11) is 0. The van der Waals surface area contributed by atoms with Crippen molar-refractivity contribution in [1.29, 1.82) is 0 Å². The van der Waals surface area contributed by atoms with E-state index in [1.165, 1.54) is 32.4 Å². The van der Waals surface area contributed by atoms with Gasteiger partial charge in [-0.1, -0.05) is 6.92 Å². The predicted molar refractivity (Wildman–Crippen MR) is 72.2 cm³/mol. The lowest BCUT2D eigenvalue weighted by molar-refractivity contribution is -0.116. The summed E-state index contributed by atoms with van der Waals surface area (Å²) in [5.41, 5.74) is 0.639. The van der Waals surface area contributed by atoms with Gasteiger partial charge in [0, 0.05) is 19.1 Å². The first-order chi connectivity index (χ1) is 7.92. The zero-order chi connectivity index (χ0) is 12.6. The van der Waals surface area contributed by atoms with Gasteiger partial charge in [-0.3, -0.25) is 4.90 Å². The van der Waals surface area contributed by atoms with E-state index in [-0.39, 0.29) is 0 Å². The molecule has 1 saturated carbocycles. The summed E-state index contributed by atoms with van der Waals surface area (Å²) in [6.45, 7) is 14.0. The lowest BCUT2D eigenvalue weighted by Gasteiger charge is -2.56. The molecule has 17 heavy (non-hydrogen) atoms. The highest BCUT2D eigenvalue weighted by Gasteiger charge is 2.48. The molecular formula is C15H29NO. The van der Waals surface area contributed by atoms with Crippen molar-refractivity contribution in [2.75, 3.05) is 13.1 Å². The summed E-state index contributed by atoms with van der Waals surface area (Å²) < 4.78 is 6.03. The SMILES string of the molecule is CC(C)O[C@@H]1CCC2(C[C@H]1C)CN(C(C)C)C2. The average molecular weight is 239 g/mol. The third kappa shape index (κ3) is 2.85. The smallest absolute Gasteiger partial charge is 0.0604 e. The van der Waals surface area contributed by atoms with Crippen LogP contribution in [0.15, 0.2) is 0 Å². The maximum atomic E-state index is 6.03. The highest BCUT2D eigenvalue weighted by molar-refractivity contribution is 5.00. The molecule has 0 bridgehead atoms. The molecule has 0 aromatic carbocycles. The van der Waals surface area contributed by atoms with Gasteiger partial charge in [0.1, 0.15) is 0 Å². The molecule has 0 amide bonds. The third-order valence-corrected chi connectivity index (χ3v) is 4.60. The van der Waals surface area contributed by atoms with Gasteiger partial charge in [-0.2, -0.15) is 0 Å². The molecule has 0 unspecified atom stereocenters. The summed E-state index contributed by atoms with van der Waals surface area (Å²) in [5.74, 6) is 0.737. The van der Waals surface area contributed by atoms with Crippen LogP contribution in [-0.2, 0) is 4.74 Å². The van der Waals surface area contributed by atoms with E-state index in [9.17, 15) is 0 Å². The minimum atomic E-state index is 0.380. The molecule has 1 aliphatic heterocycles. The number of likely N-dealkylation sites (tertiary alicyclic amines) is 1. The standard InChI is InChI=1S/C15H29NO/c1-11(2)16-9-15(10-16)7-6-14(13(5)8-15)17-12(3)4/h11-14H,6-10H2,1-5H3/t13-,14-/m1/s1. The second-order valence-electron chi connectivity index (χ2n) is 6.94. The topological polar surface area (TPSA) is 12.5 Å². The Kier molecular flexibility index (Phi) is 3.84. The van der Waals surface area contributed by atoms with Gasteiger partial charge in [-0.25, -0.2) is 0 Å². The molecule has 0 aromatic rings. The normalized spacial score (nSPS) is 33.4. The van der Waals surface area contributed by atoms with Crippen molar-refractivity contribution >= 4 is 0 Å². The fraction of sp³-hybridized carbons (Fsp3) is 1.00. The number of rotatable bonds is 3. The van der Waals surface area contributed by atoms with Crippen molar-refractivity contribution in [2.24, 2.45) is 11.3 Å². The molecule has 1 heterocycles. The van der Waals surface area contributed by atoms with Crippen LogP contribution >= 0.6 is 0 Å². The van der Waals surface area contributed by atoms with Gasteiger partial charge < -0.3 is 4.74 Å². The van der Waals surface area contributed by atoms with E-state index in [0.717, 1.165) is 12.0 Å². The van der Waals surface area contributed by atoms with Gasteiger partial charge in [0.2, 0.25) is 0 Å². The second kappa shape index (κ2) is 4.89. The quantitative estimate of drug-likeness (QED) is 0.749. The molecule has 0 aromatic heterocycles. The minimum Gasteiger partial charge on any atom is -0.375 e. The maximum Gasteiger partial charge on any atom is 0.0604 e.